The van der Waals surface area contributed by atoms with Crippen LogP contribution >= 0.6 is 15.9 Å². The number of carbonyl (C=O) groups is 1. The van der Waals surface area contributed by atoms with Gasteiger partial charge >= 0.3 is 0 Å². The van der Waals surface area contributed by atoms with Crippen LogP contribution in [0.2, 0.25) is 0 Å². The summed E-state index contributed by atoms with van der Waals surface area (Å²) in [5.41, 5.74) is 1.56. The van der Waals surface area contributed by atoms with Crippen LogP contribution in [0.3, 0.4) is 0 Å². The fourth-order valence-corrected chi connectivity index (χ4v) is 2.61. The fraction of sp³-hybridized carbons (Fsp3) is 0.105. The third-order valence-electron chi connectivity index (χ3n) is 3.59. The SMILES string of the molecule is CN(Cc1nc(-c2cccc(Br)c2)no1)C(=O)C=Cc1ccc(F)cc1. The van der Waals surface area contributed by atoms with Gasteiger partial charge in [-0.1, -0.05) is 45.4 Å². The maximum atomic E-state index is 12.9. The van der Waals surface area contributed by atoms with Gasteiger partial charge < -0.3 is 9.42 Å². The molecule has 0 saturated heterocycles. The molecule has 0 fully saturated rings. The molecule has 0 atom stereocenters. The summed E-state index contributed by atoms with van der Waals surface area (Å²) < 4.78 is 19.0. The molecule has 26 heavy (non-hydrogen) atoms. The number of hydrogen-bond donors (Lipinski definition) is 0. The molecule has 2 aromatic carbocycles. The average Bonchev–Trinajstić information content (AvgIpc) is 3.09. The molecule has 132 valence electrons. The Hall–Kier alpha value is -2.80. The fourth-order valence-electron chi connectivity index (χ4n) is 2.21. The molecule has 0 unspecified atom stereocenters. The molecule has 1 heterocycles. The van der Waals surface area contributed by atoms with Gasteiger partial charge in [0.05, 0.1) is 6.54 Å². The van der Waals surface area contributed by atoms with Gasteiger partial charge in [-0.15, -0.1) is 0 Å². The van der Waals surface area contributed by atoms with Crippen molar-refractivity contribution in [1.29, 1.82) is 0 Å². The smallest absolute Gasteiger partial charge is 0.246 e. The summed E-state index contributed by atoms with van der Waals surface area (Å²) in [5, 5.41) is 3.94. The van der Waals surface area contributed by atoms with E-state index in [4.69, 9.17) is 4.52 Å². The zero-order valence-electron chi connectivity index (χ0n) is 13.9. The van der Waals surface area contributed by atoms with Crippen molar-refractivity contribution in [2.45, 2.75) is 6.54 Å². The van der Waals surface area contributed by atoms with Crippen molar-refractivity contribution in [1.82, 2.24) is 15.0 Å². The standard InChI is InChI=1S/C19H15BrFN3O2/c1-24(18(25)10-7-13-5-8-16(21)9-6-13)12-17-22-19(23-26-17)14-3-2-4-15(20)11-14/h2-11H,12H2,1H3. The molecule has 0 aliphatic heterocycles. The Morgan fingerprint density at radius 2 is 2.04 bits per heavy atom. The second-order valence-electron chi connectivity index (χ2n) is 5.60. The van der Waals surface area contributed by atoms with Crippen LogP contribution in [0.15, 0.2) is 63.6 Å². The largest absolute Gasteiger partial charge is 0.337 e. The number of nitrogens with zero attached hydrogens (tertiary/aromatic N) is 3. The van der Waals surface area contributed by atoms with Crippen LogP contribution in [0.4, 0.5) is 4.39 Å². The summed E-state index contributed by atoms with van der Waals surface area (Å²) in [7, 11) is 1.64. The first-order chi connectivity index (χ1) is 12.5. The first-order valence-electron chi connectivity index (χ1n) is 7.78. The zero-order valence-corrected chi connectivity index (χ0v) is 15.5. The Bertz CT molecular complexity index is 938. The van der Waals surface area contributed by atoms with E-state index in [2.05, 4.69) is 26.1 Å². The summed E-state index contributed by atoms with van der Waals surface area (Å²) in [6.45, 7) is 0.188. The maximum Gasteiger partial charge on any atom is 0.246 e. The Balaban J connectivity index is 1.63. The summed E-state index contributed by atoms with van der Waals surface area (Å²) in [6, 6.07) is 13.4. The number of aromatic nitrogens is 2. The Kier molecular flexibility index (Phi) is 5.58. The van der Waals surface area contributed by atoms with Gasteiger partial charge in [0.2, 0.25) is 17.6 Å². The molecule has 0 bridgehead atoms. The van der Waals surface area contributed by atoms with E-state index >= 15 is 0 Å². The summed E-state index contributed by atoms with van der Waals surface area (Å²) >= 11 is 3.40. The monoisotopic (exact) mass is 415 g/mol. The second-order valence-corrected chi connectivity index (χ2v) is 6.52. The molecule has 0 N–H and O–H groups in total. The minimum Gasteiger partial charge on any atom is -0.337 e. The quantitative estimate of drug-likeness (QED) is 0.582. The van der Waals surface area contributed by atoms with Gasteiger partial charge in [0, 0.05) is 23.2 Å². The van der Waals surface area contributed by atoms with Crippen molar-refractivity contribution in [3.8, 4) is 11.4 Å². The predicted octanol–water partition coefficient (Wildman–Crippen LogP) is 4.31. The van der Waals surface area contributed by atoms with Crippen LogP contribution in [0, 0.1) is 5.82 Å². The van der Waals surface area contributed by atoms with Gasteiger partial charge in [-0.3, -0.25) is 4.79 Å². The molecule has 1 amide bonds. The first kappa shape index (κ1) is 18.0. The minimum atomic E-state index is -0.316. The van der Waals surface area contributed by atoms with Crippen molar-refractivity contribution in [3.05, 3.63) is 76.4 Å². The van der Waals surface area contributed by atoms with E-state index in [0.717, 1.165) is 15.6 Å². The highest BCUT2D eigenvalue weighted by Crippen LogP contribution is 2.20. The Morgan fingerprint density at radius 1 is 1.27 bits per heavy atom. The molecule has 0 aliphatic carbocycles. The van der Waals surface area contributed by atoms with Crippen molar-refractivity contribution >= 4 is 27.9 Å². The van der Waals surface area contributed by atoms with Gasteiger partial charge in [0.15, 0.2) is 0 Å². The van der Waals surface area contributed by atoms with E-state index in [0.29, 0.717) is 11.7 Å². The molecule has 7 heteroatoms. The molecule has 3 aromatic rings. The van der Waals surface area contributed by atoms with Gasteiger partial charge in [-0.2, -0.15) is 4.98 Å². The molecule has 3 rings (SSSR count). The van der Waals surface area contributed by atoms with Crippen molar-refractivity contribution < 1.29 is 13.7 Å². The number of hydrogen-bond acceptors (Lipinski definition) is 4. The molecule has 0 saturated carbocycles. The number of amides is 1. The third kappa shape index (κ3) is 4.64. The number of rotatable bonds is 5. The predicted molar refractivity (Wildman–Crippen MR) is 99.3 cm³/mol. The van der Waals surface area contributed by atoms with E-state index in [1.54, 1.807) is 25.3 Å². The summed E-state index contributed by atoms with van der Waals surface area (Å²) in [6.07, 6.45) is 3.04. The lowest BCUT2D eigenvalue weighted by atomic mass is 10.2. The Morgan fingerprint density at radius 3 is 2.77 bits per heavy atom. The highest BCUT2D eigenvalue weighted by molar-refractivity contribution is 9.10. The lowest BCUT2D eigenvalue weighted by Crippen LogP contribution is -2.24. The van der Waals surface area contributed by atoms with E-state index in [1.807, 2.05) is 24.3 Å². The first-order valence-corrected chi connectivity index (χ1v) is 8.58. The lowest BCUT2D eigenvalue weighted by Gasteiger charge is -2.11. The van der Waals surface area contributed by atoms with Crippen molar-refractivity contribution in [2.24, 2.45) is 0 Å². The van der Waals surface area contributed by atoms with Crippen LogP contribution < -0.4 is 0 Å². The topological polar surface area (TPSA) is 59.2 Å². The summed E-state index contributed by atoms with van der Waals surface area (Å²) in [4.78, 5) is 17.9. The van der Waals surface area contributed by atoms with Crippen LogP contribution in [-0.2, 0) is 11.3 Å². The zero-order chi connectivity index (χ0) is 18.5. The van der Waals surface area contributed by atoms with Crippen LogP contribution in [0.1, 0.15) is 11.5 Å². The van der Waals surface area contributed by atoms with Crippen LogP contribution in [-0.4, -0.2) is 28.0 Å². The maximum absolute atomic E-state index is 12.9. The minimum absolute atomic E-state index is 0.188. The van der Waals surface area contributed by atoms with Gasteiger partial charge in [-0.05, 0) is 35.9 Å². The molecular weight excluding hydrogens is 401 g/mol. The number of benzene rings is 2. The van der Waals surface area contributed by atoms with Crippen molar-refractivity contribution in [2.75, 3.05) is 7.05 Å². The highest BCUT2D eigenvalue weighted by atomic mass is 79.9. The molecule has 5 nitrogen and oxygen atoms in total. The van der Waals surface area contributed by atoms with E-state index < -0.39 is 0 Å². The van der Waals surface area contributed by atoms with E-state index in [-0.39, 0.29) is 18.3 Å². The van der Waals surface area contributed by atoms with Crippen LogP contribution in [0.5, 0.6) is 0 Å². The number of carbonyl (C=O) groups excluding carboxylic acids is 1. The van der Waals surface area contributed by atoms with Gasteiger partial charge in [0.1, 0.15) is 5.82 Å². The van der Waals surface area contributed by atoms with Crippen molar-refractivity contribution in [3.63, 3.8) is 0 Å². The second kappa shape index (κ2) is 8.05. The highest BCUT2D eigenvalue weighted by Gasteiger charge is 2.13. The number of likely N-dealkylation sites (N-methyl/N-ethyl adjacent to an activating group) is 1. The average molecular weight is 416 g/mol. The van der Waals surface area contributed by atoms with Gasteiger partial charge in [-0.25, -0.2) is 4.39 Å². The molecular formula is C19H15BrFN3O2. The summed E-state index contributed by atoms with van der Waals surface area (Å²) in [5.74, 6) is 0.259. The van der Waals surface area contributed by atoms with Gasteiger partial charge in [0.25, 0.3) is 0 Å². The van der Waals surface area contributed by atoms with Crippen LogP contribution in [0.25, 0.3) is 17.5 Å². The third-order valence-corrected chi connectivity index (χ3v) is 4.08. The molecule has 0 aliphatic rings. The molecule has 0 radical (unpaired) electrons. The normalized spacial score (nSPS) is 11.0. The van der Waals surface area contributed by atoms with E-state index in [1.165, 1.54) is 23.1 Å². The number of halogens is 2. The molecule has 0 spiro atoms. The van der Waals surface area contributed by atoms with E-state index in [9.17, 15) is 9.18 Å². The lowest BCUT2D eigenvalue weighted by molar-refractivity contribution is -0.125. The molecule has 1 aromatic heterocycles. The Labute approximate surface area is 158 Å².